The van der Waals surface area contributed by atoms with Crippen LogP contribution in [-0.2, 0) is 9.59 Å². The molecular weight excluding hydrogens is 368 g/mol. The van der Waals surface area contributed by atoms with Gasteiger partial charge in [-0.25, -0.2) is 0 Å². The van der Waals surface area contributed by atoms with Crippen LogP contribution < -0.4 is 15.4 Å². The highest BCUT2D eigenvalue weighted by Gasteiger charge is 2.16. The average molecular weight is 394 g/mol. The number of hydrogen-bond donors (Lipinski definition) is 3. The van der Waals surface area contributed by atoms with E-state index in [9.17, 15) is 9.59 Å². The predicted octanol–water partition coefficient (Wildman–Crippen LogP) is 3.52. The second kappa shape index (κ2) is 8.77. The first-order valence-corrected chi connectivity index (χ1v) is 9.61. The van der Waals surface area contributed by atoms with Crippen molar-refractivity contribution < 1.29 is 14.3 Å². The van der Waals surface area contributed by atoms with Crippen LogP contribution in [0.5, 0.6) is 5.75 Å². The first-order chi connectivity index (χ1) is 13.8. The molecule has 7 heteroatoms. The molecule has 7 nitrogen and oxygen atoms in total. The van der Waals surface area contributed by atoms with E-state index in [1.54, 1.807) is 25.3 Å². The second-order valence-corrected chi connectivity index (χ2v) is 7.37. The zero-order chi connectivity index (χ0) is 21.0. The standard InChI is InChI=1S/C22H26N4O3/c1-13(2)19-8-7-18(9-14(19)3)29-15(4)22(28)23-12-21(27)25-17-6-5-16-11-24-26-20(16)10-17/h5-11,13,15H,12H2,1-4H3,(H,23,28)(H,24,26)(H,25,27). The first-order valence-electron chi connectivity index (χ1n) is 9.61. The van der Waals surface area contributed by atoms with Crippen LogP contribution in [0.4, 0.5) is 5.69 Å². The normalized spacial score (nSPS) is 12.0. The minimum Gasteiger partial charge on any atom is -0.481 e. The molecule has 0 bridgehead atoms. The van der Waals surface area contributed by atoms with Crippen LogP contribution in [0.3, 0.4) is 0 Å². The van der Waals surface area contributed by atoms with Crippen LogP contribution in [0.2, 0.25) is 0 Å². The van der Waals surface area contributed by atoms with Crippen molar-refractivity contribution >= 4 is 28.4 Å². The number of aryl methyl sites for hydroxylation is 1. The molecule has 0 radical (unpaired) electrons. The van der Waals surface area contributed by atoms with Crippen molar-refractivity contribution in [2.75, 3.05) is 11.9 Å². The van der Waals surface area contributed by atoms with Gasteiger partial charge >= 0.3 is 0 Å². The number of carbonyl (C=O) groups excluding carboxylic acids is 2. The molecule has 0 aliphatic heterocycles. The summed E-state index contributed by atoms with van der Waals surface area (Å²) < 4.78 is 5.73. The highest BCUT2D eigenvalue weighted by Crippen LogP contribution is 2.24. The summed E-state index contributed by atoms with van der Waals surface area (Å²) in [5, 5.41) is 13.1. The molecule has 0 saturated carbocycles. The van der Waals surface area contributed by atoms with E-state index in [0.29, 0.717) is 17.4 Å². The van der Waals surface area contributed by atoms with Crippen molar-refractivity contribution in [2.45, 2.75) is 39.7 Å². The summed E-state index contributed by atoms with van der Waals surface area (Å²) in [5.74, 6) is 0.389. The number of H-pyrrole nitrogens is 1. The number of carbonyl (C=O) groups is 2. The molecule has 3 N–H and O–H groups in total. The van der Waals surface area contributed by atoms with Crippen LogP contribution in [-0.4, -0.2) is 34.7 Å². The minimum absolute atomic E-state index is 0.140. The van der Waals surface area contributed by atoms with Gasteiger partial charge in [-0.15, -0.1) is 0 Å². The van der Waals surface area contributed by atoms with Gasteiger partial charge in [0.15, 0.2) is 6.10 Å². The Balaban J connectivity index is 1.50. The van der Waals surface area contributed by atoms with E-state index in [4.69, 9.17) is 4.74 Å². The summed E-state index contributed by atoms with van der Waals surface area (Å²) in [4.78, 5) is 24.4. The van der Waals surface area contributed by atoms with Gasteiger partial charge in [0.2, 0.25) is 5.91 Å². The molecule has 2 amide bonds. The number of ether oxygens (including phenoxy) is 1. The van der Waals surface area contributed by atoms with Crippen molar-refractivity contribution in [1.82, 2.24) is 15.5 Å². The zero-order valence-electron chi connectivity index (χ0n) is 17.1. The maximum Gasteiger partial charge on any atom is 0.261 e. The number of nitrogens with zero attached hydrogens (tertiary/aromatic N) is 1. The largest absolute Gasteiger partial charge is 0.481 e. The lowest BCUT2D eigenvalue weighted by atomic mass is 9.98. The van der Waals surface area contributed by atoms with Crippen molar-refractivity contribution in [3.05, 3.63) is 53.7 Å². The van der Waals surface area contributed by atoms with Crippen molar-refractivity contribution in [2.24, 2.45) is 0 Å². The Hall–Kier alpha value is -3.35. The molecule has 0 aliphatic rings. The molecule has 3 aromatic rings. The number of aromatic amines is 1. The number of anilines is 1. The Morgan fingerprint density at radius 3 is 2.66 bits per heavy atom. The van der Waals surface area contributed by atoms with Gasteiger partial charge in [-0.1, -0.05) is 19.9 Å². The van der Waals surface area contributed by atoms with E-state index >= 15 is 0 Å². The molecule has 3 rings (SSSR count). The fraction of sp³-hybridized carbons (Fsp3) is 0.318. The molecule has 29 heavy (non-hydrogen) atoms. The Morgan fingerprint density at radius 1 is 1.14 bits per heavy atom. The molecule has 1 aromatic heterocycles. The van der Waals surface area contributed by atoms with Gasteiger partial charge in [0.05, 0.1) is 18.3 Å². The Labute approximate surface area is 169 Å². The van der Waals surface area contributed by atoms with Crippen molar-refractivity contribution in [3.63, 3.8) is 0 Å². The number of benzene rings is 2. The molecule has 0 aliphatic carbocycles. The molecule has 1 unspecified atom stereocenters. The monoisotopic (exact) mass is 394 g/mol. The molecule has 0 fully saturated rings. The molecule has 1 heterocycles. The van der Waals surface area contributed by atoms with E-state index in [1.807, 2.05) is 31.2 Å². The topological polar surface area (TPSA) is 96.1 Å². The Kier molecular flexibility index (Phi) is 6.16. The van der Waals surface area contributed by atoms with Crippen LogP contribution >= 0.6 is 0 Å². The lowest BCUT2D eigenvalue weighted by molar-refractivity contribution is -0.129. The summed E-state index contributed by atoms with van der Waals surface area (Å²) >= 11 is 0. The van der Waals surface area contributed by atoms with Gasteiger partial charge in [-0.3, -0.25) is 14.7 Å². The molecule has 1 atom stereocenters. The molecular formula is C22H26N4O3. The lowest BCUT2D eigenvalue weighted by Crippen LogP contribution is -2.40. The van der Waals surface area contributed by atoms with Crippen LogP contribution in [0, 0.1) is 6.92 Å². The van der Waals surface area contributed by atoms with Crippen LogP contribution in [0.25, 0.3) is 10.9 Å². The van der Waals surface area contributed by atoms with E-state index < -0.39 is 6.10 Å². The quantitative estimate of drug-likeness (QED) is 0.571. The van der Waals surface area contributed by atoms with Gasteiger partial charge in [0.25, 0.3) is 5.91 Å². The van der Waals surface area contributed by atoms with Gasteiger partial charge in [-0.05, 0) is 61.2 Å². The number of fused-ring (bicyclic) bond motifs is 1. The number of rotatable bonds is 7. The maximum absolute atomic E-state index is 12.3. The van der Waals surface area contributed by atoms with Gasteiger partial charge < -0.3 is 15.4 Å². The summed E-state index contributed by atoms with van der Waals surface area (Å²) in [6.45, 7) is 7.82. The maximum atomic E-state index is 12.3. The van der Waals surface area contributed by atoms with Gasteiger partial charge in [0, 0.05) is 11.1 Å². The third kappa shape index (κ3) is 5.13. The second-order valence-electron chi connectivity index (χ2n) is 7.37. The average Bonchev–Trinajstić information content (AvgIpc) is 3.13. The number of nitrogens with one attached hydrogen (secondary N) is 3. The summed E-state index contributed by atoms with van der Waals surface area (Å²) in [6, 6.07) is 11.2. The molecule has 152 valence electrons. The lowest BCUT2D eigenvalue weighted by Gasteiger charge is -2.17. The van der Waals surface area contributed by atoms with Crippen LogP contribution in [0.1, 0.15) is 37.8 Å². The number of aromatic nitrogens is 2. The Morgan fingerprint density at radius 2 is 1.93 bits per heavy atom. The van der Waals surface area contributed by atoms with Gasteiger partial charge in [0.1, 0.15) is 5.75 Å². The third-order valence-electron chi connectivity index (χ3n) is 4.69. The summed E-state index contributed by atoms with van der Waals surface area (Å²) in [5.41, 5.74) is 3.83. The smallest absolute Gasteiger partial charge is 0.261 e. The summed E-state index contributed by atoms with van der Waals surface area (Å²) in [7, 11) is 0. The molecule has 0 spiro atoms. The molecule has 2 aromatic carbocycles. The highest BCUT2D eigenvalue weighted by atomic mass is 16.5. The fourth-order valence-corrected chi connectivity index (χ4v) is 3.16. The highest BCUT2D eigenvalue weighted by molar-refractivity contribution is 5.96. The Bertz CT molecular complexity index is 1030. The predicted molar refractivity (Wildman–Crippen MR) is 113 cm³/mol. The minimum atomic E-state index is -0.714. The van der Waals surface area contributed by atoms with E-state index in [0.717, 1.165) is 16.5 Å². The number of amides is 2. The molecule has 0 saturated heterocycles. The van der Waals surface area contributed by atoms with E-state index in [1.165, 1.54) is 5.56 Å². The van der Waals surface area contributed by atoms with Crippen molar-refractivity contribution in [3.8, 4) is 5.75 Å². The number of hydrogen-bond acceptors (Lipinski definition) is 4. The first kappa shape index (κ1) is 20.4. The van der Waals surface area contributed by atoms with Crippen molar-refractivity contribution in [1.29, 1.82) is 0 Å². The van der Waals surface area contributed by atoms with E-state index in [-0.39, 0.29) is 18.4 Å². The zero-order valence-corrected chi connectivity index (χ0v) is 17.1. The SMILES string of the molecule is Cc1cc(OC(C)C(=O)NCC(=O)Nc2ccc3cn[nH]c3c2)ccc1C(C)C. The van der Waals surface area contributed by atoms with E-state index in [2.05, 4.69) is 34.7 Å². The fourth-order valence-electron chi connectivity index (χ4n) is 3.16. The third-order valence-corrected chi connectivity index (χ3v) is 4.69. The van der Waals surface area contributed by atoms with Gasteiger partial charge in [-0.2, -0.15) is 5.10 Å². The van der Waals surface area contributed by atoms with Crippen LogP contribution in [0.15, 0.2) is 42.6 Å². The summed E-state index contributed by atoms with van der Waals surface area (Å²) in [6.07, 6.45) is 0.994.